The summed E-state index contributed by atoms with van der Waals surface area (Å²) >= 11 is 0. The fourth-order valence-corrected chi connectivity index (χ4v) is 1.94. The van der Waals surface area contributed by atoms with Gasteiger partial charge in [0.25, 0.3) is 0 Å². The molecular formula is C11H21N3. The average Bonchev–Trinajstić information content (AvgIpc) is 2.47. The third-order valence-corrected chi connectivity index (χ3v) is 3.08. The second-order valence-corrected chi connectivity index (χ2v) is 4.10. The van der Waals surface area contributed by atoms with Crippen LogP contribution in [0.3, 0.4) is 0 Å². The number of hydrogen-bond donors (Lipinski definition) is 1. The smallest absolute Gasteiger partial charge is 0.100 e. The van der Waals surface area contributed by atoms with Crippen molar-refractivity contribution < 1.29 is 0 Å². The van der Waals surface area contributed by atoms with E-state index in [1.165, 1.54) is 0 Å². The molecule has 14 heavy (non-hydrogen) atoms. The van der Waals surface area contributed by atoms with E-state index in [1.807, 2.05) is 0 Å². The van der Waals surface area contributed by atoms with Crippen molar-refractivity contribution in [2.45, 2.75) is 32.7 Å². The van der Waals surface area contributed by atoms with E-state index in [0.717, 1.165) is 39.0 Å². The van der Waals surface area contributed by atoms with Gasteiger partial charge in [-0.25, -0.2) is 0 Å². The molecule has 1 aliphatic rings. The van der Waals surface area contributed by atoms with Gasteiger partial charge >= 0.3 is 0 Å². The molecule has 1 rings (SSSR count). The summed E-state index contributed by atoms with van der Waals surface area (Å²) in [6, 6.07) is 2.56. The molecule has 1 N–H and O–H groups in total. The van der Waals surface area contributed by atoms with Crippen LogP contribution in [0.15, 0.2) is 0 Å². The van der Waals surface area contributed by atoms with Gasteiger partial charge in [0.1, 0.15) is 6.04 Å². The lowest BCUT2D eigenvalue weighted by Crippen LogP contribution is -2.40. The first-order chi connectivity index (χ1) is 6.79. The molecule has 1 fully saturated rings. The Morgan fingerprint density at radius 1 is 1.43 bits per heavy atom. The van der Waals surface area contributed by atoms with E-state index in [2.05, 4.69) is 30.1 Å². The van der Waals surface area contributed by atoms with Gasteiger partial charge in [-0.2, -0.15) is 5.26 Å². The minimum atomic E-state index is 0.111. The summed E-state index contributed by atoms with van der Waals surface area (Å²) in [7, 11) is 0. The van der Waals surface area contributed by atoms with Gasteiger partial charge in [0, 0.05) is 19.6 Å². The lowest BCUT2D eigenvalue weighted by molar-refractivity contribution is 0.197. The van der Waals surface area contributed by atoms with Crippen LogP contribution in [0, 0.1) is 17.2 Å². The standard InChI is InChI=1S/C11H21N3/c1-3-10(2)11(9-12)14-7-4-5-13-6-8-14/h10-11,13H,3-8H2,1-2H3. The highest BCUT2D eigenvalue weighted by Gasteiger charge is 2.23. The molecule has 80 valence electrons. The first kappa shape index (κ1) is 11.5. The molecule has 0 radical (unpaired) electrons. The van der Waals surface area contributed by atoms with Crippen molar-refractivity contribution in [2.24, 2.45) is 5.92 Å². The monoisotopic (exact) mass is 195 g/mol. The van der Waals surface area contributed by atoms with E-state index < -0.39 is 0 Å². The Morgan fingerprint density at radius 3 is 2.86 bits per heavy atom. The molecule has 0 spiro atoms. The van der Waals surface area contributed by atoms with Crippen LogP contribution in [0.4, 0.5) is 0 Å². The summed E-state index contributed by atoms with van der Waals surface area (Å²) in [4.78, 5) is 2.33. The van der Waals surface area contributed by atoms with Gasteiger partial charge in [0.2, 0.25) is 0 Å². The van der Waals surface area contributed by atoms with Crippen molar-refractivity contribution >= 4 is 0 Å². The van der Waals surface area contributed by atoms with Crippen molar-refractivity contribution in [1.29, 1.82) is 5.26 Å². The van der Waals surface area contributed by atoms with Crippen LogP contribution in [0.5, 0.6) is 0 Å². The predicted octanol–water partition coefficient (Wildman–Crippen LogP) is 1.22. The van der Waals surface area contributed by atoms with E-state index in [9.17, 15) is 0 Å². The normalized spacial score (nSPS) is 23.5. The van der Waals surface area contributed by atoms with Gasteiger partial charge in [-0.3, -0.25) is 4.90 Å². The number of nitriles is 1. The highest BCUT2D eigenvalue weighted by atomic mass is 15.2. The van der Waals surface area contributed by atoms with Crippen molar-refractivity contribution in [1.82, 2.24) is 10.2 Å². The molecule has 0 aromatic heterocycles. The third kappa shape index (κ3) is 2.97. The molecule has 0 bridgehead atoms. The van der Waals surface area contributed by atoms with Crippen LogP contribution in [-0.2, 0) is 0 Å². The summed E-state index contributed by atoms with van der Waals surface area (Å²) in [6.07, 6.45) is 2.25. The summed E-state index contributed by atoms with van der Waals surface area (Å²) in [5.41, 5.74) is 0. The first-order valence-corrected chi connectivity index (χ1v) is 5.64. The maximum absolute atomic E-state index is 9.16. The number of hydrogen-bond acceptors (Lipinski definition) is 3. The lowest BCUT2D eigenvalue weighted by atomic mass is 9.99. The molecule has 3 nitrogen and oxygen atoms in total. The van der Waals surface area contributed by atoms with Crippen molar-refractivity contribution in [3.63, 3.8) is 0 Å². The van der Waals surface area contributed by atoms with Crippen molar-refractivity contribution in [3.8, 4) is 6.07 Å². The SMILES string of the molecule is CCC(C)C(C#N)N1CCCNCC1. The Labute approximate surface area is 87.1 Å². The van der Waals surface area contributed by atoms with E-state index in [-0.39, 0.29) is 6.04 Å². The zero-order valence-corrected chi connectivity index (χ0v) is 9.29. The molecule has 2 atom stereocenters. The Hall–Kier alpha value is -0.590. The first-order valence-electron chi connectivity index (χ1n) is 5.64. The van der Waals surface area contributed by atoms with Crippen LogP contribution in [0.25, 0.3) is 0 Å². The summed E-state index contributed by atoms with van der Waals surface area (Å²) < 4.78 is 0. The summed E-state index contributed by atoms with van der Waals surface area (Å²) in [5, 5.41) is 12.5. The Bertz CT molecular complexity index is 189. The van der Waals surface area contributed by atoms with E-state index in [1.54, 1.807) is 0 Å². The van der Waals surface area contributed by atoms with Gasteiger partial charge in [0.05, 0.1) is 6.07 Å². The zero-order valence-electron chi connectivity index (χ0n) is 9.29. The molecule has 0 saturated carbocycles. The predicted molar refractivity (Wildman–Crippen MR) is 57.9 cm³/mol. The maximum atomic E-state index is 9.16. The molecule has 1 saturated heterocycles. The van der Waals surface area contributed by atoms with Crippen LogP contribution in [-0.4, -0.2) is 37.1 Å². The molecule has 0 aromatic rings. The second-order valence-electron chi connectivity index (χ2n) is 4.10. The minimum Gasteiger partial charge on any atom is -0.315 e. The lowest BCUT2D eigenvalue weighted by Gasteiger charge is -2.28. The number of nitrogens with zero attached hydrogens (tertiary/aromatic N) is 2. The van der Waals surface area contributed by atoms with E-state index >= 15 is 0 Å². The van der Waals surface area contributed by atoms with Gasteiger partial charge in [-0.1, -0.05) is 20.3 Å². The Kier molecular flexibility index (Phi) is 4.92. The van der Waals surface area contributed by atoms with Crippen molar-refractivity contribution in [2.75, 3.05) is 26.2 Å². The molecule has 1 aliphatic heterocycles. The Morgan fingerprint density at radius 2 is 2.21 bits per heavy atom. The minimum absolute atomic E-state index is 0.111. The average molecular weight is 195 g/mol. The van der Waals surface area contributed by atoms with Crippen LogP contribution in [0.2, 0.25) is 0 Å². The molecule has 2 unspecified atom stereocenters. The van der Waals surface area contributed by atoms with E-state index in [0.29, 0.717) is 5.92 Å². The summed E-state index contributed by atoms with van der Waals surface area (Å²) in [6.45, 7) is 8.53. The topological polar surface area (TPSA) is 39.1 Å². The third-order valence-electron chi connectivity index (χ3n) is 3.08. The molecule has 3 heteroatoms. The zero-order chi connectivity index (χ0) is 10.4. The molecule has 0 amide bonds. The fraction of sp³-hybridized carbons (Fsp3) is 0.909. The van der Waals surface area contributed by atoms with Crippen LogP contribution in [0.1, 0.15) is 26.7 Å². The van der Waals surface area contributed by atoms with Gasteiger partial charge < -0.3 is 5.32 Å². The molecule has 1 heterocycles. The largest absolute Gasteiger partial charge is 0.315 e. The molecule has 0 aromatic carbocycles. The van der Waals surface area contributed by atoms with Gasteiger partial charge in [0.15, 0.2) is 0 Å². The highest BCUT2D eigenvalue weighted by molar-refractivity contribution is 4.95. The second kappa shape index (κ2) is 6.00. The maximum Gasteiger partial charge on any atom is 0.100 e. The Balaban J connectivity index is 2.54. The van der Waals surface area contributed by atoms with Crippen molar-refractivity contribution in [3.05, 3.63) is 0 Å². The molecular weight excluding hydrogens is 174 g/mol. The number of rotatable bonds is 3. The molecule has 0 aliphatic carbocycles. The quantitative estimate of drug-likeness (QED) is 0.736. The van der Waals surface area contributed by atoms with Crippen LogP contribution < -0.4 is 5.32 Å². The van der Waals surface area contributed by atoms with Gasteiger partial charge in [-0.05, 0) is 18.9 Å². The number of nitrogens with one attached hydrogen (secondary N) is 1. The fourth-order valence-electron chi connectivity index (χ4n) is 1.94. The van der Waals surface area contributed by atoms with Gasteiger partial charge in [-0.15, -0.1) is 0 Å². The highest BCUT2D eigenvalue weighted by Crippen LogP contribution is 2.14. The summed E-state index contributed by atoms with van der Waals surface area (Å²) in [5.74, 6) is 0.484. The van der Waals surface area contributed by atoms with E-state index in [4.69, 9.17) is 5.26 Å². The van der Waals surface area contributed by atoms with Crippen LogP contribution >= 0.6 is 0 Å².